The smallest absolute Gasteiger partial charge is 0.138 e. The summed E-state index contributed by atoms with van der Waals surface area (Å²) < 4.78 is 0. The Balaban J connectivity index is 2.67. The van der Waals surface area contributed by atoms with Gasteiger partial charge in [0.15, 0.2) is 0 Å². The van der Waals surface area contributed by atoms with Gasteiger partial charge in [-0.05, 0) is 12.0 Å². The molecular weight excluding hydrogens is 162 g/mol. The minimum absolute atomic E-state index is 0.0388. The Labute approximate surface area is 78.8 Å². The molecule has 0 heterocycles. The number of rotatable bonds is 0. The Morgan fingerprint density at radius 2 is 2.23 bits per heavy atom. The molecule has 1 unspecified atom stereocenters. The Bertz CT molecular complexity index is 263. The van der Waals surface area contributed by atoms with Crippen LogP contribution in [0.3, 0.4) is 0 Å². The first-order valence-electron chi connectivity index (χ1n) is 4.47. The predicted octanol–water partition coefficient (Wildman–Crippen LogP) is 1.74. The molecule has 1 atom stereocenters. The van der Waals surface area contributed by atoms with E-state index >= 15 is 0 Å². The number of hydrogen-bond acceptors (Lipinski definition) is 2. The van der Waals surface area contributed by atoms with Crippen LogP contribution in [0.5, 0.6) is 0 Å². The van der Waals surface area contributed by atoms with Crippen LogP contribution in [0.25, 0.3) is 0 Å². The van der Waals surface area contributed by atoms with Gasteiger partial charge < -0.3 is 5.73 Å². The summed E-state index contributed by atoms with van der Waals surface area (Å²) in [5.74, 6) is 0.178. The molecule has 0 bridgehead atoms. The van der Waals surface area contributed by atoms with Crippen LogP contribution in [0.4, 0.5) is 0 Å². The van der Waals surface area contributed by atoms with Crippen molar-refractivity contribution in [2.75, 3.05) is 0 Å². The van der Waals surface area contributed by atoms with Crippen molar-refractivity contribution in [3.63, 3.8) is 0 Å². The van der Waals surface area contributed by atoms with Gasteiger partial charge in [0.25, 0.3) is 0 Å². The Hall–Kier alpha value is -1.15. The van der Waals surface area contributed by atoms with Crippen LogP contribution in [0.15, 0.2) is 36.5 Å². The first kappa shape index (κ1) is 9.93. The number of Topliss-reactive ketones (excluding diaryl/α,β-unsaturated/α-hetero) is 1. The third-order valence-electron chi connectivity index (χ3n) is 1.93. The lowest BCUT2D eigenvalue weighted by molar-refractivity contribution is -0.118. The number of ketones is 1. The average molecular weight is 177 g/mol. The van der Waals surface area contributed by atoms with Gasteiger partial charge in [0, 0.05) is 18.9 Å². The summed E-state index contributed by atoms with van der Waals surface area (Å²) >= 11 is 0. The third-order valence-corrected chi connectivity index (χ3v) is 1.93. The number of allylic oxidation sites excluding steroid dienone is 4. The molecule has 0 spiro atoms. The van der Waals surface area contributed by atoms with Crippen LogP contribution < -0.4 is 5.73 Å². The second kappa shape index (κ2) is 4.77. The monoisotopic (exact) mass is 177 g/mol. The van der Waals surface area contributed by atoms with Gasteiger partial charge in [-0.25, -0.2) is 0 Å². The fourth-order valence-corrected chi connectivity index (χ4v) is 1.28. The standard InChI is InChI=1S/C11H15NO/c1-9-5-3-2-4-6-10(12)8-11(13)7-9/h2-5,10H,1,6-8,12H2/b4-2-,5-3-. The van der Waals surface area contributed by atoms with Gasteiger partial charge in [0.05, 0.1) is 0 Å². The first-order chi connectivity index (χ1) is 6.18. The molecule has 0 radical (unpaired) electrons. The highest BCUT2D eigenvalue weighted by Gasteiger charge is 2.09. The third kappa shape index (κ3) is 3.85. The van der Waals surface area contributed by atoms with Crippen LogP contribution in [0, 0.1) is 0 Å². The maximum Gasteiger partial charge on any atom is 0.138 e. The first-order valence-corrected chi connectivity index (χ1v) is 4.47. The van der Waals surface area contributed by atoms with Crippen molar-refractivity contribution >= 4 is 5.78 Å². The van der Waals surface area contributed by atoms with Gasteiger partial charge in [0.2, 0.25) is 0 Å². The van der Waals surface area contributed by atoms with Crippen molar-refractivity contribution in [2.24, 2.45) is 5.73 Å². The van der Waals surface area contributed by atoms with E-state index in [0.717, 1.165) is 12.0 Å². The molecule has 0 saturated heterocycles. The van der Waals surface area contributed by atoms with E-state index in [1.54, 1.807) is 0 Å². The number of carbonyl (C=O) groups is 1. The van der Waals surface area contributed by atoms with Crippen molar-refractivity contribution in [3.8, 4) is 0 Å². The Kier molecular flexibility index (Phi) is 3.65. The van der Waals surface area contributed by atoms with E-state index in [0.29, 0.717) is 12.8 Å². The van der Waals surface area contributed by atoms with Crippen molar-refractivity contribution in [1.29, 1.82) is 0 Å². The topological polar surface area (TPSA) is 43.1 Å². The highest BCUT2D eigenvalue weighted by atomic mass is 16.1. The van der Waals surface area contributed by atoms with Crippen LogP contribution in [0.1, 0.15) is 19.3 Å². The van der Waals surface area contributed by atoms with E-state index in [1.807, 2.05) is 24.3 Å². The molecule has 2 heteroatoms. The average Bonchev–Trinajstić information content (AvgIpc) is 2.02. The SMILES string of the molecule is C=C1/C=C\C=C/CC(N)CC(=O)C1. The quantitative estimate of drug-likeness (QED) is 0.612. The minimum atomic E-state index is -0.0388. The van der Waals surface area contributed by atoms with Crippen LogP contribution in [-0.4, -0.2) is 11.8 Å². The van der Waals surface area contributed by atoms with Crippen molar-refractivity contribution < 1.29 is 4.79 Å². The Morgan fingerprint density at radius 1 is 1.46 bits per heavy atom. The molecule has 0 aliphatic heterocycles. The molecule has 0 aromatic carbocycles. The molecule has 0 amide bonds. The van der Waals surface area contributed by atoms with E-state index in [9.17, 15) is 4.79 Å². The molecule has 13 heavy (non-hydrogen) atoms. The molecule has 0 aromatic heterocycles. The van der Waals surface area contributed by atoms with Crippen LogP contribution >= 0.6 is 0 Å². The molecule has 2 nitrogen and oxygen atoms in total. The summed E-state index contributed by atoms with van der Waals surface area (Å²) in [7, 11) is 0. The van der Waals surface area contributed by atoms with E-state index in [4.69, 9.17) is 5.73 Å². The lowest BCUT2D eigenvalue weighted by Gasteiger charge is -2.08. The molecule has 0 aromatic rings. The summed E-state index contributed by atoms with van der Waals surface area (Å²) in [5.41, 5.74) is 6.59. The highest BCUT2D eigenvalue weighted by Crippen LogP contribution is 2.08. The number of carbonyl (C=O) groups excluding carboxylic acids is 1. The zero-order chi connectivity index (χ0) is 9.68. The summed E-state index contributed by atoms with van der Waals surface area (Å²) in [6, 6.07) is -0.0388. The second-order valence-corrected chi connectivity index (χ2v) is 3.36. The molecule has 1 aliphatic carbocycles. The van der Waals surface area contributed by atoms with Crippen molar-refractivity contribution in [2.45, 2.75) is 25.3 Å². The van der Waals surface area contributed by atoms with Gasteiger partial charge >= 0.3 is 0 Å². The molecule has 70 valence electrons. The fourth-order valence-electron chi connectivity index (χ4n) is 1.28. The fraction of sp³-hybridized carbons (Fsp3) is 0.364. The highest BCUT2D eigenvalue weighted by molar-refractivity contribution is 5.81. The van der Waals surface area contributed by atoms with E-state index < -0.39 is 0 Å². The van der Waals surface area contributed by atoms with E-state index in [1.165, 1.54) is 0 Å². The van der Waals surface area contributed by atoms with Gasteiger partial charge in [-0.15, -0.1) is 0 Å². The van der Waals surface area contributed by atoms with E-state index in [2.05, 4.69) is 6.58 Å². The maximum absolute atomic E-state index is 11.3. The summed E-state index contributed by atoms with van der Waals surface area (Å²) in [4.78, 5) is 11.3. The lowest BCUT2D eigenvalue weighted by Crippen LogP contribution is -2.23. The number of nitrogens with two attached hydrogens (primary N) is 1. The van der Waals surface area contributed by atoms with Crippen molar-refractivity contribution in [1.82, 2.24) is 0 Å². The molecule has 2 N–H and O–H groups in total. The molecule has 0 saturated carbocycles. The summed E-state index contributed by atoms with van der Waals surface area (Å²) in [6.45, 7) is 3.78. The molecular formula is C11H15NO. The van der Waals surface area contributed by atoms with Gasteiger partial charge in [-0.1, -0.05) is 30.9 Å². The zero-order valence-corrected chi connectivity index (χ0v) is 7.70. The van der Waals surface area contributed by atoms with Gasteiger partial charge in [-0.3, -0.25) is 4.79 Å². The van der Waals surface area contributed by atoms with Gasteiger partial charge in [-0.2, -0.15) is 0 Å². The number of hydrogen-bond donors (Lipinski definition) is 1. The van der Waals surface area contributed by atoms with Crippen molar-refractivity contribution in [3.05, 3.63) is 36.5 Å². The minimum Gasteiger partial charge on any atom is -0.327 e. The maximum atomic E-state index is 11.3. The Morgan fingerprint density at radius 3 is 3.00 bits per heavy atom. The molecule has 0 fully saturated rings. The van der Waals surface area contributed by atoms with Gasteiger partial charge in [0.1, 0.15) is 5.78 Å². The summed E-state index contributed by atoms with van der Waals surface area (Å²) in [5, 5.41) is 0. The lowest BCUT2D eigenvalue weighted by atomic mass is 10.0. The largest absolute Gasteiger partial charge is 0.327 e. The molecule has 1 aliphatic rings. The van der Waals surface area contributed by atoms with Crippen LogP contribution in [0.2, 0.25) is 0 Å². The predicted molar refractivity (Wildman–Crippen MR) is 54.3 cm³/mol. The van der Waals surface area contributed by atoms with E-state index in [-0.39, 0.29) is 11.8 Å². The summed E-state index contributed by atoms with van der Waals surface area (Å²) in [6.07, 6.45) is 9.34. The normalized spacial score (nSPS) is 29.8. The molecule has 1 rings (SSSR count). The second-order valence-electron chi connectivity index (χ2n) is 3.36. The zero-order valence-electron chi connectivity index (χ0n) is 7.70. The van der Waals surface area contributed by atoms with Crippen LogP contribution in [-0.2, 0) is 4.79 Å².